The van der Waals surface area contributed by atoms with Crippen LogP contribution in [0.1, 0.15) is 33.1 Å². The Hall–Kier alpha value is -1.10. The third-order valence-corrected chi connectivity index (χ3v) is 3.79. The molecule has 5 heteroatoms. The molecule has 1 amide bonds. The van der Waals surface area contributed by atoms with Gasteiger partial charge in [-0.2, -0.15) is 0 Å². The fourth-order valence-corrected chi connectivity index (χ4v) is 2.35. The van der Waals surface area contributed by atoms with E-state index in [2.05, 4.69) is 5.32 Å². The number of carbonyl (C=O) groups is 2. The van der Waals surface area contributed by atoms with E-state index in [1.807, 2.05) is 6.92 Å². The Kier molecular flexibility index (Phi) is 3.12. The summed E-state index contributed by atoms with van der Waals surface area (Å²) >= 11 is 0. The molecule has 2 rings (SSSR count). The van der Waals surface area contributed by atoms with Crippen molar-refractivity contribution in [3.8, 4) is 0 Å². The number of rotatable bonds is 4. The molecule has 0 aromatic carbocycles. The number of carboxylic acid groups (broad SMARTS) is 1. The van der Waals surface area contributed by atoms with Crippen LogP contribution < -0.4 is 5.32 Å². The number of carboxylic acids is 1. The molecule has 2 aliphatic rings. The fraction of sp³-hybridized carbons (Fsp3) is 0.833. The van der Waals surface area contributed by atoms with Gasteiger partial charge in [-0.15, -0.1) is 0 Å². The molecular formula is C12H19NO4. The van der Waals surface area contributed by atoms with Crippen molar-refractivity contribution in [3.05, 3.63) is 0 Å². The molecule has 1 saturated carbocycles. The molecule has 0 radical (unpaired) electrons. The van der Waals surface area contributed by atoms with Gasteiger partial charge in [0, 0.05) is 0 Å². The van der Waals surface area contributed by atoms with Gasteiger partial charge in [0.1, 0.15) is 5.54 Å². The predicted octanol–water partition coefficient (Wildman–Crippen LogP) is 0.781. The van der Waals surface area contributed by atoms with Gasteiger partial charge in [0.2, 0.25) is 5.91 Å². The van der Waals surface area contributed by atoms with Gasteiger partial charge < -0.3 is 15.2 Å². The number of hydrogen-bond donors (Lipinski definition) is 2. The first kappa shape index (κ1) is 12.4. The van der Waals surface area contributed by atoms with Gasteiger partial charge in [-0.1, -0.05) is 0 Å². The summed E-state index contributed by atoms with van der Waals surface area (Å²) in [6, 6.07) is 0. The first-order valence-electron chi connectivity index (χ1n) is 6.10. The van der Waals surface area contributed by atoms with Crippen molar-refractivity contribution in [3.63, 3.8) is 0 Å². The Labute approximate surface area is 101 Å². The molecule has 3 unspecified atom stereocenters. The van der Waals surface area contributed by atoms with Gasteiger partial charge in [0.05, 0.1) is 18.6 Å². The number of hydrogen-bond acceptors (Lipinski definition) is 3. The summed E-state index contributed by atoms with van der Waals surface area (Å²) in [5, 5.41) is 11.9. The van der Waals surface area contributed by atoms with Crippen LogP contribution >= 0.6 is 0 Å². The van der Waals surface area contributed by atoms with Crippen LogP contribution in [0.2, 0.25) is 0 Å². The van der Waals surface area contributed by atoms with E-state index in [4.69, 9.17) is 4.74 Å². The average Bonchev–Trinajstić information content (AvgIpc) is 3.01. The maximum Gasteiger partial charge on any atom is 0.329 e. The van der Waals surface area contributed by atoms with Crippen LogP contribution in [-0.2, 0) is 14.3 Å². The second-order valence-corrected chi connectivity index (χ2v) is 5.35. The van der Waals surface area contributed by atoms with Crippen LogP contribution in [0, 0.1) is 11.8 Å². The first-order valence-corrected chi connectivity index (χ1v) is 6.10. The molecule has 1 aliphatic carbocycles. The van der Waals surface area contributed by atoms with E-state index in [0.29, 0.717) is 13.0 Å². The van der Waals surface area contributed by atoms with E-state index in [0.717, 1.165) is 12.8 Å². The van der Waals surface area contributed by atoms with E-state index < -0.39 is 11.5 Å². The van der Waals surface area contributed by atoms with E-state index in [9.17, 15) is 14.7 Å². The number of carbonyl (C=O) groups excluding carboxylic acids is 1. The topological polar surface area (TPSA) is 75.6 Å². The van der Waals surface area contributed by atoms with Gasteiger partial charge in [-0.25, -0.2) is 4.79 Å². The van der Waals surface area contributed by atoms with Gasteiger partial charge in [0.25, 0.3) is 0 Å². The molecule has 5 nitrogen and oxygen atoms in total. The van der Waals surface area contributed by atoms with Crippen molar-refractivity contribution >= 4 is 11.9 Å². The molecule has 1 heterocycles. The van der Waals surface area contributed by atoms with Crippen LogP contribution in [0.3, 0.4) is 0 Å². The Morgan fingerprint density at radius 3 is 2.47 bits per heavy atom. The number of amides is 1. The van der Waals surface area contributed by atoms with Crippen molar-refractivity contribution in [1.29, 1.82) is 0 Å². The second kappa shape index (κ2) is 4.29. The zero-order valence-electron chi connectivity index (χ0n) is 10.2. The summed E-state index contributed by atoms with van der Waals surface area (Å²) in [5.41, 5.74) is -1.11. The van der Waals surface area contributed by atoms with E-state index in [1.165, 1.54) is 0 Å². The summed E-state index contributed by atoms with van der Waals surface area (Å²) < 4.78 is 5.33. The van der Waals surface area contributed by atoms with E-state index in [1.54, 1.807) is 6.92 Å². The lowest BCUT2D eigenvalue weighted by atomic mass is 9.94. The Morgan fingerprint density at radius 2 is 2.06 bits per heavy atom. The highest BCUT2D eigenvalue weighted by atomic mass is 16.5. The highest BCUT2D eigenvalue weighted by molar-refractivity contribution is 5.88. The van der Waals surface area contributed by atoms with Crippen molar-refractivity contribution in [2.24, 2.45) is 11.8 Å². The van der Waals surface area contributed by atoms with Gasteiger partial charge in [-0.3, -0.25) is 4.79 Å². The summed E-state index contributed by atoms with van der Waals surface area (Å²) in [4.78, 5) is 23.3. The van der Waals surface area contributed by atoms with Crippen LogP contribution in [0.15, 0.2) is 0 Å². The molecule has 96 valence electrons. The Bertz CT molecular complexity index is 339. The van der Waals surface area contributed by atoms with E-state index in [-0.39, 0.29) is 23.8 Å². The normalized spacial score (nSPS) is 31.9. The van der Waals surface area contributed by atoms with E-state index >= 15 is 0 Å². The highest BCUT2D eigenvalue weighted by Crippen LogP contribution is 2.40. The summed E-state index contributed by atoms with van der Waals surface area (Å²) in [7, 11) is 0. The standard InChI is InChI=1S/C12H19NO4/c1-7-5-8(6-17-7)10(14)13-12(2,11(15)16)9-3-4-9/h7-9H,3-6H2,1-2H3,(H,13,14)(H,15,16). The molecule has 2 fully saturated rings. The Balaban J connectivity index is 1.98. The molecule has 1 aliphatic heterocycles. The minimum absolute atomic E-state index is 0.0729. The molecule has 2 N–H and O–H groups in total. The predicted molar refractivity (Wildman–Crippen MR) is 60.4 cm³/mol. The van der Waals surface area contributed by atoms with Crippen LogP contribution in [-0.4, -0.2) is 35.2 Å². The lowest BCUT2D eigenvalue weighted by Crippen LogP contribution is -2.55. The maximum atomic E-state index is 12.0. The summed E-state index contributed by atoms with van der Waals surface area (Å²) in [6.07, 6.45) is 2.51. The summed E-state index contributed by atoms with van der Waals surface area (Å²) in [5.74, 6) is -1.27. The molecule has 0 aromatic rings. The van der Waals surface area contributed by atoms with Gasteiger partial charge in [-0.05, 0) is 39.0 Å². The van der Waals surface area contributed by atoms with Crippen molar-refractivity contribution in [2.45, 2.75) is 44.8 Å². The van der Waals surface area contributed by atoms with Crippen molar-refractivity contribution < 1.29 is 19.4 Å². The lowest BCUT2D eigenvalue weighted by molar-refractivity contribution is -0.148. The number of ether oxygens (including phenoxy) is 1. The fourth-order valence-electron chi connectivity index (χ4n) is 2.35. The maximum absolute atomic E-state index is 12.0. The SMILES string of the molecule is CC1CC(C(=O)NC(C)(C(=O)O)C2CC2)CO1. The summed E-state index contributed by atoms with van der Waals surface area (Å²) in [6.45, 7) is 3.92. The molecule has 0 bridgehead atoms. The largest absolute Gasteiger partial charge is 0.480 e. The average molecular weight is 241 g/mol. The Morgan fingerprint density at radius 1 is 1.41 bits per heavy atom. The zero-order chi connectivity index (χ0) is 12.6. The van der Waals surface area contributed by atoms with Gasteiger partial charge >= 0.3 is 5.97 Å². The highest BCUT2D eigenvalue weighted by Gasteiger charge is 2.49. The van der Waals surface area contributed by atoms with Crippen LogP contribution in [0.5, 0.6) is 0 Å². The van der Waals surface area contributed by atoms with Crippen molar-refractivity contribution in [1.82, 2.24) is 5.32 Å². The second-order valence-electron chi connectivity index (χ2n) is 5.35. The molecule has 0 spiro atoms. The molecule has 3 atom stereocenters. The number of nitrogens with one attached hydrogen (secondary N) is 1. The molecule has 1 saturated heterocycles. The quantitative estimate of drug-likeness (QED) is 0.762. The first-order chi connectivity index (χ1) is 7.93. The number of aliphatic carboxylic acids is 1. The molecule has 17 heavy (non-hydrogen) atoms. The zero-order valence-corrected chi connectivity index (χ0v) is 10.2. The molecule has 0 aromatic heterocycles. The van der Waals surface area contributed by atoms with Gasteiger partial charge in [0.15, 0.2) is 0 Å². The van der Waals surface area contributed by atoms with Crippen LogP contribution in [0.4, 0.5) is 0 Å². The van der Waals surface area contributed by atoms with Crippen molar-refractivity contribution in [2.75, 3.05) is 6.61 Å². The smallest absolute Gasteiger partial charge is 0.329 e. The lowest BCUT2D eigenvalue weighted by Gasteiger charge is -2.27. The minimum Gasteiger partial charge on any atom is -0.480 e. The minimum atomic E-state index is -1.11. The molecular weight excluding hydrogens is 222 g/mol. The van der Waals surface area contributed by atoms with Crippen LogP contribution in [0.25, 0.3) is 0 Å². The third-order valence-electron chi connectivity index (χ3n) is 3.79. The third kappa shape index (κ3) is 2.44. The monoisotopic (exact) mass is 241 g/mol.